The number of carbonyl (C=O) groups excluding carboxylic acids is 1. The van der Waals surface area contributed by atoms with Gasteiger partial charge in [-0.05, 0) is 68.3 Å². The second kappa shape index (κ2) is 7.21. The zero-order valence-electron chi connectivity index (χ0n) is 13.0. The second-order valence-corrected chi connectivity index (χ2v) is 8.01. The van der Waals surface area contributed by atoms with E-state index in [0.717, 1.165) is 35.3 Å². The maximum atomic E-state index is 11.8. The number of rotatable bonds is 2. The Kier molecular flexibility index (Phi) is 5.76. The molecular weight excluding hydrogens is 417 g/mol. The Morgan fingerprint density at radius 3 is 2.59 bits per heavy atom. The Labute approximate surface area is 149 Å². The van der Waals surface area contributed by atoms with Gasteiger partial charge in [-0.1, -0.05) is 11.6 Å². The average Bonchev–Trinajstić information content (AvgIpc) is 2.36. The molecule has 0 saturated carbocycles. The first kappa shape index (κ1) is 17.6. The van der Waals surface area contributed by atoms with Gasteiger partial charge < -0.3 is 15.0 Å². The summed E-state index contributed by atoms with van der Waals surface area (Å²) in [5.74, 6) is 0.896. The topological polar surface area (TPSA) is 54.5 Å². The number of amides is 1. The highest BCUT2D eigenvalue weighted by molar-refractivity contribution is 14.1. The van der Waals surface area contributed by atoms with Gasteiger partial charge in [0.2, 0.25) is 0 Å². The van der Waals surface area contributed by atoms with Gasteiger partial charge in [0.15, 0.2) is 0 Å². The van der Waals surface area contributed by atoms with Crippen molar-refractivity contribution >= 4 is 46.1 Å². The quantitative estimate of drug-likeness (QED) is 0.564. The maximum absolute atomic E-state index is 11.8. The highest BCUT2D eigenvalue weighted by Gasteiger charge is 2.24. The van der Waals surface area contributed by atoms with E-state index in [1.807, 2.05) is 32.9 Å². The van der Waals surface area contributed by atoms with Crippen LogP contribution < -0.4 is 10.2 Å². The zero-order valence-corrected chi connectivity index (χ0v) is 15.9. The molecule has 0 aromatic carbocycles. The van der Waals surface area contributed by atoms with Crippen LogP contribution in [0.1, 0.15) is 33.6 Å². The van der Waals surface area contributed by atoms with Gasteiger partial charge in [0.1, 0.15) is 16.6 Å². The Morgan fingerprint density at radius 1 is 1.41 bits per heavy atom. The van der Waals surface area contributed by atoms with Gasteiger partial charge in [0.25, 0.3) is 0 Å². The predicted octanol–water partition coefficient (Wildman–Crippen LogP) is 3.83. The lowest BCUT2D eigenvalue weighted by atomic mass is 10.1. The van der Waals surface area contributed by atoms with Crippen molar-refractivity contribution in [3.63, 3.8) is 0 Å². The normalized spacial score (nSPS) is 16.5. The van der Waals surface area contributed by atoms with E-state index in [1.165, 1.54) is 0 Å². The smallest absolute Gasteiger partial charge is 0.407 e. The van der Waals surface area contributed by atoms with Gasteiger partial charge >= 0.3 is 6.09 Å². The van der Waals surface area contributed by atoms with Crippen LogP contribution in [0.4, 0.5) is 10.6 Å². The lowest BCUT2D eigenvalue weighted by molar-refractivity contribution is 0.0497. The molecule has 0 bridgehead atoms. The fourth-order valence-corrected chi connectivity index (χ4v) is 3.30. The average molecular weight is 438 g/mol. The summed E-state index contributed by atoms with van der Waals surface area (Å²) in [6.07, 6.45) is 1.38. The zero-order chi connectivity index (χ0) is 16.3. The van der Waals surface area contributed by atoms with Crippen LogP contribution in [0.25, 0.3) is 0 Å². The van der Waals surface area contributed by atoms with Crippen molar-refractivity contribution < 1.29 is 9.53 Å². The van der Waals surface area contributed by atoms with Crippen LogP contribution in [-0.4, -0.2) is 35.8 Å². The molecule has 0 atom stereocenters. The summed E-state index contributed by atoms with van der Waals surface area (Å²) in [6, 6.07) is 4.00. The van der Waals surface area contributed by atoms with Gasteiger partial charge in [0, 0.05) is 22.7 Å². The summed E-state index contributed by atoms with van der Waals surface area (Å²) in [5, 5.41) is 3.44. The van der Waals surface area contributed by atoms with Crippen LogP contribution in [0.5, 0.6) is 0 Å². The third kappa shape index (κ3) is 5.46. The number of aromatic nitrogens is 1. The summed E-state index contributed by atoms with van der Waals surface area (Å²) in [6.45, 7) is 7.26. The Morgan fingerprint density at radius 2 is 2.05 bits per heavy atom. The van der Waals surface area contributed by atoms with Gasteiger partial charge in [-0.2, -0.15) is 0 Å². The summed E-state index contributed by atoms with van der Waals surface area (Å²) in [5.41, 5.74) is -0.466. The molecule has 0 radical (unpaired) electrons. The molecule has 1 aromatic rings. The fraction of sp³-hybridized carbons (Fsp3) is 0.600. The van der Waals surface area contributed by atoms with E-state index in [9.17, 15) is 4.79 Å². The number of pyridine rings is 1. The molecule has 7 heteroatoms. The number of nitrogens with zero attached hydrogens (tertiary/aromatic N) is 2. The van der Waals surface area contributed by atoms with Crippen molar-refractivity contribution in [1.82, 2.24) is 10.3 Å². The van der Waals surface area contributed by atoms with Crippen LogP contribution in [0.3, 0.4) is 0 Å². The monoisotopic (exact) mass is 437 g/mol. The molecule has 0 spiro atoms. The van der Waals surface area contributed by atoms with E-state index >= 15 is 0 Å². The summed E-state index contributed by atoms with van der Waals surface area (Å²) >= 11 is 8.25. The highest BCUT2D eigenvalue weighted by atomic mass is 127. The molecule has 1 N–H and O–H groups in total. The van der Waals surface area contributed by atoms with Crippen molar-refractivity contribution in [1.29, 1.82) is 0 Å². The standard InChI is InChI=1S/C15H21ClIN3O2/c1-15(2,3)22-14(21)18-11-4-6-20(7-5-11)13-9-10(17)8-12(16)19-13/h8-9,11H,4-7H2,1-3H3,(H,18,21). The molecule has 1 fully saturated rings. The number of nitrogens with one attached hydrogen (secondary N) is 1. The Bertz CT molecular complexity index is 520. The number of anilines is 1. The number of piperidine rings is 1. The molecule has 0 aliphatic carbocycles. The predicted molar refractivity (Wildman–Crippen MR) is 96.6 cm³/mol. The lowest BCUT2D eigenvalue weighted by Crippen LogP contribution is -2.46. The number of carbonyl (C=O) groups is 1. The second-order valence-electron chi connectivity index (χ2n) is 6.37. The molecule has 1 saturated heterocycles. The van der Waals surface area contributed by atoms with Crippen molar-refractivity contribution in [3.05, 3.63) is 20.9 Å². The first-order valence-electron chi connectivity index (χ1n) is 7.30. The van der Waals surface area contributed by atoms with Gasteiger partial charge in [0.05, 0.1) is 0 Å². The van der Waals surface area contributed by atoms with Crippen molar-refractivity contribution in [2.24, 2.45) is 0 Å². The molecule has 122 valence electrons. The number of alkyl carbamates (subject to hydrolysis) is 1. The SMILES string of the molecule is CC(C)(C)OC(=O)NC1CCN(c2cc(I)cc(Cl)n2)CC1. The van der Waals surface area contributed by atoms with E-state index in [0.29, 0.717) is 5.15 Å². The molecule has 1 aliphatic rings. The van der Waals surface area contributed by atoms with Crippen molar-refractivity contribution in [2.75, 3.05) is 18.0 Å². The molecule has 2 rings (SSSR count). The minimum absolute atomic E-state index is 0.143. The Balaban J connectivity index is 1.86. The van der Waals surface area contributed by atoms with Crippen LogP contribution in [0.15, 0.2) is 12.1 Å². The molecule has 2 heterocycles. The summed E-state index contributed by atoms with van der Waals surface area (Å²) in [4.78, 5) is 18.4. The van der Waals surface area contributed by atoms with Crippen LogP contribution in [0.2, 0.25) is 5.15 Å². The van der Waals surface area contributed by atoms with Gasteiger partial charge in [-0.25, -0.2) is 9.78 Å². The number of ether oxygens (including phenoxy) is 1. The fourth-order valence-electron chi connectivity index (χ4n) is 2.34. The van der Waals surface area contributed by atoms with Crippen LogP contribution in [0, 0.1) is 3.57 Å². The van der Waals surface area contributed by atoms with Crippen molar-refractivity contribution in [2.45, 2.75) is 45.3 Å². The summed E-state index contributed by atoms with van der Waals surface area (Å²) in [7, 11) is 0. The van der Waals surface area contributed by atoms with E-state index in [2.05, 4.69) is 37.8 Å². The molecular formula is C15H21ClIN3O2. The molecule has 1 aliphatic heterocycles. The van der Waals surface area contributed by atoms with Gasteiger partial charge in [-0.3, -0.25) is 0 Å². The van der Waals surface area contributed by atoms with Crippen LogP contribution in [-0.2, 0) is 4.74 Å². The Hall–Kier alpha value is -0.760. The molecule has 1 amide bonds. The molecule has 0 unspecified atom stereocenters. The minimum atomic E-state index is -0.466. The third-order valence-corrected chi connectivity index (χ3v) is 4.10. The third-order valence-electron chi connectivity index (χ3n) is 3.29. The van der Waals surface area contributed by atoms with E-state index in [-0.39, 0.29) is 12.1 Å². The van der Waals surface area contributed by atoms with Crippen LogP contribution >= 0.6 is 34.2 Å². The van der Waals surface area contributed by atoms with E-state index in [4.69, 9.17) is 16.3 Å². The molecule has 22 heavy (non-hydrogen) atoms. The largest absolute Gasteiger partial charge is 0.444 e. The first-order valence-corrected chi connectivity index (χ1v) is 8.76. The lowest BCUT2D eigenvalue weighted by Gasteiger charge is -2.33. The molecule has 5 nitrogen and oxygen atoms in total. The van der Waals surface area contributed by atoms with E-state index < -0.39 is 5.60 Å². The maximum Gasteiger partial charge on any atom is 0.407 e. The number of halogens is 2. The van der Waals surface area contributed by atoms with Crippen molar-refractivity contribution in [3.8, 4) is 0 Å². The molecule has 1 aromatic heterocycles. The number of hydrogen-bond donors (Lipinski definition) is 1. The van der Waals surface area contributed by atoms with E-state index in [1.54, 1.807) is 0 Å². The first-order chi connectivity index (χ1) is 10.2. The summed E-state index contributed by atoms with van der Waals surface area (Å²) < 4.78 is 6.36. The minimum Gasteiger partial charge on any atom is -0.444 e. The number of hydrogen-bond acceptors (Lipinski definition) is 4. The van der Waals surface area contributed by atoms with Gasteiger partial charge in [-0.15, -0.1) is 0 Å². The highest BCUT2D eigenvalue weighted by Crippen LogP contribution is 2.23.